The fraction of sp³-hybridized carbons (Fsp3) is 0.308. The highest BCUT2D eigenvalue weighted by atomic mass is 16.4. The first-order chi connectivity index (χ1) is 8.75. The van der Waals surface area contributed by atoms with E-state index in [0.29, 0.717) is 12.4 Å². The zero-order valence-electron chi connectivity index (χ0n) is 10.2. The molecule has 1 heterocycles. The van der Waals surface area contributed by atoms with Crippen molar-refractivity contribution in [1.29, 1.82) is 0 Å². The number of carbonyl (C=O) groups is 1. The molecule has 1 N–H and O–H groups in total. The van der Waals surface area contributed by atoms with Gasteiger partial charge in [-0.3, -0.25) is 4.79 Å². The van der Waals surface area contributed by atoms with Gasteiger partial charge in [-0.05, 0) is 18.4 Å². The highest BCUT2D eigenvalue weighted by Gasteiger charge is 2.11. The van der Waals surface area contributed by atoms with Crippen molar-refractivity contribution in [3.8, 4) is 0 Å². The number of nitrogens with zero attached hydrogens (tertiary/aromatic N) is 2. The molecule has 0 aliphatic heterocycles. The summed E-state index contributed by atoms with van der Waals surface area (Å²) in [7, 11) is 0. The minimum absolute atomic E-state index is 0.0206. The normalized spacial score (nSPS) is 10.3. The first-order valence-corrected chi connectivity index (χ1v) is 5.88. The van der Waals surface area contributed by atoms with E-state index in [4.69, 9.17) is 4.42 Å². The molecule has 94 valence electrons. The number of hydrogen-bond donors (Lipinski definition) is 1. The molecule has 0 unspecified atom stereocenters. The molecule has 5 nitrogen and oxygen atoms in total. The van der Waals surface area contributed by atoms with Crippen LogP contribution in [-0.2, 0) is 6.42 Å². The Morgan fingerprint density at radius 1 is 1.28 bits per heavy atom. The Morgan fingerprint density at radius 3 is 2.72 bits per heavy atom. The summed E-state index contributed by atoms with van der Waals surface area (Å²) in [6.45, 7) is 2.24. The van der Waals surface area contributed by atoms with Crippen LogP contribution in [0.4, 0.5) is 0 Å². The van der Waals surface area contributed by atoms with Crippen LogP contribution >= 0.6 is 0 Å². The van der Waals surface area contributed by atoms with Gasteiger partial charge < -0.3 is 9.73 Å². The van der Waals surface area contributed by atoms with Gasteiger partial charge in [0.15, 0.2) is 0 Å². The second-order valence-electron chi connectivity index (χ2n) is 3.97. The monoisotopic (exact) mass is 245 g/mol. The van der Waals surface area contributed by atoms with Crippen molar-refractivity contribution in [3.63, 3.8) is 0 Å². The molecule has 0 saturated heterocycles. The highest BCUT2D eigenvalue weighted by molar-refractivity contribution is 5.89. The molecule has 2 rings (SSSR count). The SMILES string of the molecule is Cc1nnc(C(=O)NCCCc2ccccc2)o1. The van der Waals surface area contributed by atoms with Gasteiger partial charge in [0.05, 0.1) is 0 Å². The van der Waals surface area contributed by atoms with Crippen LogP contribution in [0.15, 0.2) is 34.7 Å². The lowest BCUT2D eigenvalue weighted by Crippen LogP contribution is -2.25. The number of benzene rings is 1. The first kappa shape index (κ1) is 12.3. The summed E-state index contributed by atoms with van der Waals surface area (Å²) in [5, 5.41) is 10.0. The molecule has 0 radical (unpaired) electrons. The molecule has 5 heteroatoms. The maximum atomic E-state index is 11.6. The van der Waals surface area contributed by atoms with Gasteiger partial charge in [0.25, 0.3) is 0 Å². The summed E-state index contributed by atoms with van der Waals surface area (Å²) >= 11 is 0. The van der Waals surface area contributed by atoms with E-state index in [1.807, 2.05) is 18.2 Å². The Bertz CT molecular complexity index is 508. The fourth-order valence-corrected chi connectivity index (χ4v) is 1.60. The molecule has 0 aliphatic rings. The zero-order chi connectivity index (χ0) is 12.8. The predicted molar refractivity (Wildman–Crippen MR) is 66.1 cm³/mol. The van der Waals surface area contributed by atoms with Crippen molar-refractivity contribution in [2.45, 2.75) is 19.8 Å². The summed E-state index contributed by atoms with van der Waals surface area (Å²) < 4.78 is 5.03. The second kappa shape index (κ2) is 5.95. The maximum Gasteiger partial charge on any atom is 0.308 e. The van der Waals surface area contributed by atoms with Crippen LogP contribution in [-0.4, -0.2) is 22.6 Å². The Hall–Kier alpha value is -2.17. The maximum absolute atomic E-state index is 11.6. The lowest BCUT2D eigenvalue weighted by molar-refractivity contribution is 0.0917. The molecule has 0 saturated carbocycles. The number of aromatic nitrogens is 2. The minimum Gasteiger partial charge on any atom is -0.417 e. The van der Waals surface area contributed by atoms with Crippen LogP contribution in [0.1, 0.15) is 28.6 Å². The summed E-state index contributed by atoms with van der Waals surface area (Å²) in [5.41, 5.74) is 1.26. The molecule has 0 spiro atoms. The van der Waals surface area contributed by atoms with Crippen molar-refractivity contribution in [3.05, 3.63) is 47.7 Å². The number of aryl methyl sites for hydroxylation is 2. The van der Waals surface area contributed by atoms with E-state index in [0.717, 1.165) is 12.8 Å². The second-order valence-corrected chi connectivity index (χ2v) is 3.97. The Labute approximate surface area is 105 Å². The van der Waals surface area contributed by atoms with Crippen LogP contribution in [0.25, 0.3) is 0 Å². The van der Waals surface area contributed by atoms with Crippen LogP contribution in [0.5, 0.6) is 0 Å². The van der Waals surface area contributed by atoms with E-state index in [1.54, 1.807) is 6.92 Å². The summed E-state index contributed by atoms with van der Waals surface area (Å²) in [6, 6.07) is 10.2. The van der Waals surface area contributed by atoms with E-state index < -0.39 is 0 Å². The summed E-state index contributed by atoms with van der Waals surface area (Å²) in [5.74, 6) is 0.0975. The van der Waals surface area contributed by atoms with Gasteiger partial charge in [0.2, 0.25) is 5.89 Å². The molecule has 1 aromatic carbocycles. The van der Waals surface area contributed by atoms with E-state index in [1.165, 1.54) is 5.56 Å². The number of nitrogens with one attached hydrogen (secondary N) is 1. The van der Waals surface area contributed by atoms with Gasteiger partial charge in [-0.2, -0.15) is 0 Å². The van der Waals surface area contributed by atoms with Gasteiger partial charge in [-0.1, -0.05) is 30.3 Å². The van der Waals surface area contributed by atoms with Crippen LogP contribution in [0, 0.1) is 6.92 Å². The Morgan fingerprint density at radius 2 is 2.06 bits per heavy atom. The third-order valence-electron chi connectivity index (χ3n) is 2.49. The van der Waals surface area contributed by atoms with Gasteiger partial charge in [0.1, 0.15) is 0 Å². The average Bonchev–Trinajstić information content (AvgIpc) is 2.82. The average molecular weight is 245 g/mol. The predicted octanol–water partition coefficient (Wildman–Crippen LogP) is 1.74. The van der Waals surface area contributed by atoms with E-state index >= 15 is 0 Å². The lowest BCUT2D eigenvalue weighted by atomic mass is 10.1. The number of amides is 1. The standard InChI is InChI=1S/C13H15N3O2/c1-10-15-16-13(18-10)12(17)14-9-5-8-11-6-3-2-4-7-11/h2-4,6-7H,5,8-9H2,1H3,(H,14,17). The largest absolute Gasteiger partial charge is 0.417 e. The quantitative estimate of drug-likeness (QED) is 0.815. The molecular weight excluding hydrogens is 230 g/mol. The molecule has 0 bridgehead atoms. The van der Waals surface area contributed by atoms with Crippen LogP contribution in [0.2, 0.25) is 0 Å². The highest BCUT2D eigenvalue weighted by Crippen LogP contribution is 2.02. The number of hydrogen-bond acceptors (Lipinski definition) is 4. The van der Waals surface area contributed by atoms with Crippen molar-refractivity contribution in [1.82, 2.24) is 15.5 Å². The van der Waals surface area contributed by atoms with Crippen molar-refractivity contribution >= 4 is 5.91 Å². The van der Waals surface area contributed by atoms with Crippen molar-refractivity contribution in [2.75, 3.05) is 6.54 Å². The van der Waals surface area contributed by atoms with Crippen LogP contribution < -0.4 is 5.32 Å². The van der Waals surface area contributed by atoms with Gasteiger partial charge in [0, 0.05) is 13.5 Å². The molecule has 18 heavy (non-hydrogen) atoms. The molecule has 0 fully saturated rings. The fourth-order valence-electron chi connectivity index (χ4n) is 1.60. The van der Waals surface area contributed by atoms with Gasteiger partial charge in [-0.15, -0.1) is 10.2 Å². The Kier molecular flexibility index (Phi) is 4.06. The summed E-state index contributed by atoms with van der Waals surface area (Å²) in [6.07, 6.45) is 1.81. The summed E-state index contributed by atoms with van der Waals surface area (Å²) in [4.78, 5) is 11.6. The zero-order valence-corrected chi connectivity index (χ0v) is 10.2. The topological polar surface area (TPSA) is 68.0 Å². The molecule has 1 amide bonds. The molecule has 0 aliphatic carbocycles. The third-order valence-corrected chi connectivity index (χ3v) is 2.49. The van der Waals surface area contributed by atoms with E-state index in [-0.39, 0.29) is 11.8 Å². The molecular formula is C13H15N3O2. The number of carbonyl (C=O) groups excluding carboxylic acids is 1. The Balaban J connectivity index is 1.71. The molecule has 2 aromatic rings. The third kappa shape index (κ3) is 3.41. The lowest BCUT2D eigenvalue weighted by Gasteiger charge is -2.02. The molecule has 1 aromatic heterocycles. The smallest absolute Gasteiger partial charge is 0.308 e. The van der Waals surface area contributed by atoms with Gasteiger partial charge in [-0.25, -0.2) is 0 Å². The van der Waals surface area contributed by atoms with Crippen molar-refractivity contribution in [2.24, 2.45) is 0 Å². The van der Waals surface area contributed by atoms with Crippen LogP contribution in [0.3, 0.4) is 0 Å². The molecule has 0 atom stereocenters. The number of rotatable bonds is 5. The first-order valence-electron chi connectivity index (χ1n) is 5.88. The van der Waals surface area contributed by atoms with E-state index in [9.17, 15) is 4.79 Å². The van der Waals surface area contributed by atoms with Crippen molar-refractivity contribution < 1.29 is 9.21 Å². The minimum atomic E-state index is -0.316. The van der Waals surface area contributed by atoms with Gasteiger partial charge >= 0.3 is 11.8 Å². The van der Waals surface area contributed by atoms with E-state index in [2.05, 4.69) is 27.6 Å².